The van der Waals surface area contributed by atoms with Gasteiger partial charge in [0.1, 0.15) is 5.69 Å². The summed E-state index contributed by atoms with van der Waals surface area (Å²) in [6.07, 6.45) is 0. The van der Waals surface area contributed by atoms with Gasteiger partial charge in [0.05, 0.1) is 10.5 Å². The average molecular weight is 256 g/mol. The Kier molecular flexibility index (Phi) is 2.74. The zero-order valence-electron chi connectivity index (χ0n) is 8.29. The van der Waals surface area contributed by atoms with E-state index in [1.807, 2.05) is 0 Å². The van der Waals surface area contributed by atoms with E-state index >= 15 is 0 Å². The number of halogens is 2. The van der Waals surface area contributed by atoms with E-state index in [-0.39, 0.29) is 5.69 Å². The summed E-state index contributed by atoms with van der Waals surface area (Å²) in [7, 11) is 0. The van der Waals surface area contributed by atoms with E-state index in [0.29, 0.717) is 15.6 Å². The molecule has 0 aliphatic rings. The Morgan fingerprint density at radius 2 is 2.00 bits per heavy atom. The Labute approximate surface area is 102 Å². The molecule has 0 bridgehead atoms. The van der Waals surface area contributed by atoms with Gasteiger partial charge in [0, 0.05) is 10.4 Å². The quantitative estimate of drug-likeness (QED) is 0.848. The molecule has 0 amide bonds. The number of pyridine rings is 1. The van der Waals surface area contributed by atoms with Crippen LogP contribution in [-0.4, -0.2) is 16.1 Å². The number of fused-ring (bicyclic) bond motifs is 1. The van der Waals surface area contributed by atoms with Gasteiger partial charge in [-0.3, -0.25) is 0 Å². The van der Waals surface area contributed by atoms with Crippen LogP contribution in [0.2, 0.25) is 10.0 Å². The monoisotopic (exact) mass is 255 g/mol. The van der Waals surface area contributed by atoms with Gasteiger partial charge in [-0.25, -0.2) is 9.78 Å². The highest BCUT2D eigenvalue weighted by molar-refractivity contribution is 6.38. The molecule has 1 aromatic heterocycles. The van der Waals surface area contributed by atoms with Crippen LogP contribution in [0.5, 0.6) is 0 Å². The minimum Gasteiger partial charge on any atom is -0.477 e. The fourth-order valence-corrected chi connectivity index (χ4v) is 2.22. The number of hydrogen-bond acceptors (Lipinski definition) is 2. The standard InChI is InChI=1S/C11H7Cl2NO2/c1-5-2-9(11(15)16)14-8-4-6(12)3-7(13)10(5)8/h2-4H,1H3,(H,15,16). The molecule has 0 spiro atoms. The van der Waals surface area contributed by atoms with Gasteiger partial charge in [-0.1, -0.05) is 23.2 Å². The third kappa shape index (κ3) is 1.84. The molecule has 3 nitrogen and oxygen atoms in total. The van der Waals surface area contributed by atoms with Crippen molar-refractivity contribution in [3.05, 3.63) is 39.5 Å². The summed E-state index contributed by atoms with van der Waals surface area (Å²) in [5, 5.41) is 10.5. The van der Waals surface area contributed by atoms with Crippen LogP contribution < -0.4 is 0 Å². The maximum absolute atomic E-state index is 10.8. The Hall–Kier alpha value is -1.32. The molecule has 1 heterocycles. The van der Waals surface area contributed by atoms with Crippen molar-refractivity contribution < 1.29 is 9.90 Å². The van der Waals surface area contributed by atoms with E-state index < -0.39 is 5.97 Å². The number of benzene rings is 1. The van der Waals surface area contributed by atoms with Crippen molar-refractivity contribution >= 4 is 40.1 Å². The van der Waals surface area contributed by atoms with Crippen LogP contribution in [0.15, 0.2) is 18.2 Å². The molecule has 0 unspecified atom stereocenters. The van der Waals surface area contributed by atoms with Gasteiger partial charge in [0.15, 0.2) is 0 Å². The summed E-state index contributed by atoms with van der Waals surface area (Å²) < 4.78 is 0. The van der Waals surface area contributed by atoms with Crippen molar-refractivity contribution in [2.75, 3.05) is 0 Å². The Bertz CT molecular complexity index is 596. The summed E-state index contributed by atoms with van der Waals surface area (Å²) in [6, 6.07) is 4.70. The highest BCUT2D eigenvalue weighted by Gasteiger charge is 2.11. The molecule has 1 aromatic carbocycles. The lowest BCUT2D eigenvalue weighted by atomic mass is 10.1. The fourth-order valence-electron chi connectivity index (χ4n) is 1.59. The lowest BCUT2D eigenvalue weighted by Crippen LogP contribution is -2.01. The summed E-state index contributed by atoms with van der Waals surface area (Å²) in [5.74, 6) is -1.07. The second kappa shape index (κ2) is 3.92. The number of aromatic nitrogens is 1. The van der Waals surface area contributed by atoms with Crippen LogP contribution in [0.3, 0.4) is 0 Å². The lowest BCUT2D eigenvalue weighted by Gasteiger charge is -2.06. The number of hydrogen-bond donors (Lipinski definition) is 1. The molecule has 0 radical (unpaired) electrons. The van der Waals surface area contributed by atoms with Gasteiger partial charge < -0.3 is 5.11 Å². The Morgan fingerprint density at radius 1 is 1.31 bits per heavy atom. The number of nitrogens with zero attached hydrogens (tertiary/aromatic N) is 1. The predicted molar refractivity (Wildman–Crippen MR) is 63.5 cm³/mol. The molecule has 0 aliphatic heterocycles. The third-order valence-electron chi connectivity index (χ3n) is 2.24. The largest absolute Gasteiger partial charge is 0.477 e. The summed E-state index contributed by atoms with van der Waals surface area (Å²) in [6.45, 7) is 1.79. The second-order valence-corrected chi connectivity index (χ2v) is 4.25. The van der Waals surface area contributed by atoms with E-state index in [1.54, 1.807) is 19.1 Å². The van der Waals surface area contributed by atoms with Crippen molar-refractivity contribution in [3.63, 3.8) is 0 Å². The van der Waals surface area contributed by atoms with Crippen LogP contribution in [0.25, 0.3) is 10.9 Å². The minimum absolute atomic E-state index is 0.0108. The molecule has 0 aliphatic carbocycles. The third-order valence-corrected chi connectivity index (χ3v) is 2.76. The van der Waals surface area contributed by atoms with Crippen LogP contribution in [0.1, 0.15) is 16.1 Å². The van der Waals surface area contributed by atoms with Gasteiger partial charge in [0.2, 0.25) is 0 Å². The number of carboxylic acids is 1. The molecule has 1 N–H and O–H groups in total. The predicted octanol–water partition coefficient (Wildman–Crippen LogP) is 3.55. The summed E-state index contributed by atoms with van der Waals surface area (Å²) in [5.41, 5.74) is 1.25. The maximum Gasteiger partial charge on any atom is 0.354 e. The molecule has 0 fully saturated rings. The van der Waals surface area contributed by atoms with E-state index in [9.17, 15) is 4.79 Å². The van der Waals surface area contributed by atoms with E-state index in [1.165, 1.54) is 6.07 Å². The topological polar surface area (TPSA) is 50.2 Å². The average Bonchev–Trinajstić information content (AvgIpc) is 2.15. The smallest absolute Gasteiger partial charge is 0.354 e. The first kappa shape index (κ1) is 11.2. The molecule has 2 aromatic rings. The van der Waals surface area contributed by atoms with E-state index in [4.69, 9.17) is 28.3 Å². The van der Waals surface area contributed by atoms with Crippen LogP contribution in [-0.2, 0) is 0 Å². The zero-order chi connectivity index (χ0) is 11.9. The number of rotatable bonds is 1. The molecule has 2 rings (SSSR count). The van der Waals surface area contributed by atoms with E-state index in [0.717, 1.165) is 10.9 Å². The summed E-state index contributed by atoms with van der Waals surface area (Å²) in [4.78, 5) is 14.8. The molecule has 0 atom stereocenters. The first-order valence-corrected chi connectivity index (χ1v) is 5.24. The van der Waals surface area contributed by atoms with E-state index in [2.05, 4.69) is 4.98 Å². The zero-order valence-corrected chi connectivity index (χ0v) is 9.80. The van der Waals surface area contributed by atoms with Gasteiger partial charge >= 0.3 is 5.97 Å². The maximum atomic E-state index is 10.8. The fraction of sp³-hybridized carbons (Fsp3) is 0.0909. The van der Waals surface area contributed by atoms with Crippen molar-refractivity contribution in [2.45, 2.75) is 6.92 Å². The van der Waals surface area contributed by atoms with Gasteiger partial charge in [-0.2, -0.15) is 0 Å². The lowest BCUT2D eigenvalue weighted by molar-refractivity contribution is 0.0691. The minimum atomic E-state index is -1.07. The van der Waals surface area contributed by atoms with Gasteiger partial charge in [0.25, 0.3) is 0 Å². The Balaban J connectivity index is 2.87. The van der Waals surface area contributed by atoms with Crippen molar-refractivity contribution in [3.8, 4) is 0 Å². The molecule has 5 heteroatoms. The summed E-state index contributed by atoms with van der Waals surface area (Å²) >= 11 is 11.9. The number of aromatic carboxylic acids is 1. The van der Waals surface area contributed by atoms with Crippen LogP contribution in [0.4, 0.5) is 0 Å². The normalized spacial score (nSPS) is 10.7. The van der Waals surface area contributed by atoms with Gasteiger partial charge in [-0.05, 0) is 30.7 Å². The van der Waals surface area contributed by atoms with Crippen molar-refractivity contribution in [1.82, 2.24) is 4.98 Å². The highest BCUT2D eigenvalue weighted by Crippen LogP contribution is 2.29. The van der Waals surface area contributed by atoms with Crippen molar-refractivity contribution in [2.24, 2.45) is 0 Å². The molecule has 0 saturated carbocycles. The van der Waals surface area contributed by atoms with Crippen molar-refractivity contribution in [1.29, 1.82) is 0 Å². The van der Waals surface area contributed by atoms with Crippen LogP contribution >= 0.6 is 23.2 Å². The second-order valence-electron chi connectivity index (χ2n) is 3.41. The number of carboxylic acid groups (broad SMARTS) is 1. The molecule has 16 heavy (non-hydrogen) atoms. The molecule has 82 valence electrons. The van der Waals surface area contributed by atoms with Crippen LogP contribution in [0, 0.1) is 6.92 Å². The number of carbonyl (C=O) groups is 1. The first-order chi connectivity index (χ1) is 7.49. The highest BCUT2D eigenvalue weighted by atomic mass is 35.5. The molecular formula is C11H7Cl2NO2. The Morgan fingerprint density at radius 3 is 2.62 bits per heavy atom. The molecular weight excluding hydrogens is 249 g/mol. The van der Waals surface area contributed by atoms with Gasteiger partial charge in [-0.15, -0.1) is 0 Å². The SMILES string of the molecule is Cc1cc(C(=O)O)nc2cc(Cl)cc(Cl)c12. The molecule has 0 saturated heterocycles. The first-order valence-electron chi connectivity index (χ1n) is 4.48. The number of aryl methyl sites for hydroxylation is 1.